The highest BCUT2D eigenvalue weighted by molar-refractivity contribution is 7.00. The Morgan fingerprint density at radius 2 is 1.53 bits per heavy atom. The Bertz CT molecular complexity index is 1170. The average Bonchev–Trinajstić information content (AvgIpc) is 3.28. The van der Waals surface area contributed by atoms with Crippen molar-refractivity contribution in [3.05, 3.63) is 96.1 Å². The van der Waals surface area contributed by atoms with Crippen LogP contribution in [0.3, 0.4) is 0 Å². The van der Waals surface area contributed by atoms with Gasteiger partial charge in [-0.2, -0.15) is 0 Å². The van der Waals surface area contributed by atoms with Crippen LogP contribution in [0.4, 0.5) is 0 Å². The Kier molecular flexibility index (Phi) is 5.94. The third-order valence-electron chi connectivity index (χ3n) is 7.19. The predicted molar refractivity (Wildman–Crippen MR) is 140 cm³/mol. The molecule has 1 fully saturated rings. The fourth-order valence-electron chi connectivity index (χ4n) is 5.59. The Hall–Kier alpha value is -3.11. The predicted octanol–water partition coefficient (Wildman–Crippen LogP) is 5.52. The van der Waals surface area contributed by atoms with Gasteiger partial charge in [0.15, 0.2) is 0 Å². The number of ether oxygens (including phenoxy) is 1. The van der Waals surface area contributed by atoms with Crippen LogP contribution >= 0.6 is 0 Å². The average molecular weight is 469 g/mol. The molecule has 34 heavy (non-hydrogen) atoms. The molecule has 1 heterocycles. The van der Waals surface area contributed by atoms with Crippen LogP contribution in [0.5, 0.6) is 5.75 Å². The Labute approximate surface area is 203 Å². The molecule has 1 unspecified atom stereocenters. The standard InChI is InChI=1S/C30H32O3Si/c1-30(2,3)34(22-12-6-4-7-13-22,23-14-8-5-9-15-23)33-28-19-11-17-24-25(16-10-18-26(24)28)27-20-21-32-29(27)31/h4-9,11-17,19,27H,10,18,20-21H2,1-3H3. The highest BCUT2D eigenvalue weighted by Crippen LogP contribution is 2.43. The highest BCUT2D eigenvalue weighted by Gasteiger charge is 2.52. The van der Waals surface area contributed by atoms with E-state index < -0.39 is 8.32 Å². The molecule has 1 aliphatic heterocycles. The maximum atomic E-state index is 12.4. The summed E-state index contributed by atoms with van der Waals surface area (Å²) in [5, 5.41) is 2.41. The van der Waals surface area contributed by atoms with Crippen molar-refractivity contribution in [2.75, 3.05) is 6.61 Å². The van der Waals surface area contributed by atoms with Crippen molar-refractivity contribution >= 4 is 30.2 Å². The monoisotopic (exact) mass is 468 g/mol. The van der Waals surface area contributed by atoms with Crippen LogP contribution < -0.4 is 14.8 Å². The van der Waals surface area contributed by atoms with Crippen molar-refractivity contribution < 1.29 is 14.0 Å². The number of rotatable bonds is 5. The summed E-state index contributed by atoms with van der Waals surface area (Å²) in [5.41, 5.74) is 3.47. The van der Waals surface area contributed by atoms with Crippen molar-refractivity contribution in [2.45, 2.75) is 45.1 Å². The van der Waals surface area contributed by atoms with Gasteiger partial charge in [0.2, 0.25) is 0 Å². The fourth-order valence-corrected chi connectivity index (χ4v) is 10.0. The van der Waals surface area contributed by atoms with E-state index in [2.05, 4.69) is 106 Å². The van der Waals surface area contributed by atoms with Crippen LogP contribution in [-0.4, -0.2) is 20.9 Å². The van der Waals surface area contributed by atoms with E-state index in [0.717, 1.165) is 36.1 Å². The zero-order chi connectivity index (χ0) is 23.8. The van der Waals surface area contributed by atoms with E-state index in [0.29, 0.717) is 6.61 Å². The topological polar surface area (TPSA) is 35.5 Å². The first-order chi connectivity index (χ1) is 16.4. The van der Waals surface area contributed by atoms with Crippen LogP contribution in [0.1, 0.15) is 44.7 Å². The normalized spacial score (nSPS) is 18.1. The molecule has 0 bridgehead atoms. The minimum absolute atomic E-state index is 0.0996. The summed E-state index contributed by atoms with van der Waals surface area (Å²) in [6, 6.07) is 27.8. The van der Waals surface area contributed by atoms with Crippen LogP contribution in [0.15, 0.2) is 84.9 Å². The van der Waals surface area contributed by atoms with Gasteiger partial charge in [0.05, 0.1) is 12.5 Å². The zero-order valence-corrected chi connectivity index (χ0v) is 21.2. The lowest BCUT2D eigenvalue weighted by Gasteiger charge is -2.43. The molecule has 3 nitrogen and oxygen atoms in total. The van der Waals surface area contributed by atoms with Crippen LogP contribution in [0.2, 0.25) is 5.04 Å². The molecule has 3 aromatic rings. The van der Waals surface area contributed by atoms with Gasteiger partial charge in [-0.15, -0.1) is 0 Å². The van der Waals surface area contributed by atoms with Gasteiger partial charge in [-0.25, -0.2) is 0 Å². The first kappa shape index (κ1) is 22.7. The third kappa shape index (κ3) is 3.80. The first-order valence-electron chi connectivity index (χ1n) is 12.2. The molecule has 0 radical (unpaired) electrons. The lowest BCUT2D eigenvalue weighted by Crippen LogP contribution is -2.68. The van der Waals surface area contributed by atoms with E-state index in [1.165, 1.54) is 15.9 Å². The third-order valence-corrected chi connectivity index (χ3v) is 12.1. The van der Waals surface area contributed by atoms with E-state index in [9.17, 15) is 4.79 Å². The van der Waals surface area contributed by atoms with Crippen molar-refractivity contribution in [1.82, 2.24) is 0 Å². The van der Waals surface area contributed by atoms with Gasteiger partial charge >= 0.3 is 14.3 Å². The van der Waals surface area contributed by atoms with Crippen LogP contribution in [-0.2, 0) is 16.0 Å². The van der Waals surface area contributed by atoms with Crippen molar-refractivity contribution in [2.24, 2.45) is 5.92 Å². The number of hydrogen-bond donors (Lipinski definition) is 0. The number of allylic oxidation sites excluding steroid dienone is 1. The van der Waals surface area contributed by atoms with Gasteiger partial charge in [-0.3, -0.25) is 4.79 Å². The van der Waals surface area contributed by atoms with Crippen molar-refractivity contribution in [1.29, 1.82) is 0 Å². The molecular formula is C30H32O3Si. The maximum Gasteiger partial charge on any atom is 0.319 e. The smallest absolute Gasteiger partial charge is 0.319 e. The molecule has 174 valence electrons. The van der Waals surface area contributed by atoms with Crippen LogP contribution in [0, 0.1) is 5.92 Å². The molecule has 0 spiro atoms. The van der Waals surface area contributed by atoms with Gasteiger partial charge in [-0.05, 0) is 51.9 Å². The lowest BCUT2D eigenvalue weighted by atomic mass is 9.83. The number of carbonyl (C=O) groups is 1. The van der Waals surface area contributed by atoms with Crippen molar-refractivity contribution in [3.8, 4) is 5.75 Å². The van der Waals surface area contributed by atoms with Gasteiger partial charge in [-0.1, -0.05) is 99.6 Å². The zero-order valence-electron chi connectivity index (χ0n) is 20.2. The van der Waals surface area contributed by atoms with Gasteiger partial charge in [0, 0.05) is 5.56 Å². The number of carbonyl (C=O) groups excluding carboxylic acids is 1. The second kappa shape index (κ2) is 8.92. The molecule has 5 rings (SSSR count). The summed E-state index contributed by atoms with van der Waals surface area (Å²) in [6.45, 7) is 7.41. The summed E-state index contributed by atoms with van der Waals surface area (Å²) in [4.78, 5) is 12.4. The number of fused-ring (bicyclic) bond motifs is 1. The number of cyclic esters (lactones) is 1. The molecule has 0 saturated carbocycles. The largest absolute Gasteiger partial charge is 0.534 e. The Morgan fingerprint density at radius 1 is 0.882 bits per heavy atom. The second-order valence-electron chi connectivity index (χ2n) is 10.3. The van der Waals surface area contributed by atoms with Gasteiger partial charge in [0.1, 0.15) is 5.75 Å². The highest BCUT2D eigenvalue weighted by atomic mass is 28.4. The summed E-state index contributed by atoms with van der Waals surface area (Å²) in [5.74, 6) is 0.684. The van der Waals surface area contributed by atoms with E-state index in [1.807, 2.05) is 0 Å². The minimum atomic E-state index is -2.73. The first-order valence-corrected chi connectivity index (χ1v) is 14.1. The number of hydrogen-bond acceptors (Lipinski definition) is 3. The summed E-state index contributed by atoms with van der Waals surface area (Å²) in [7, 11) is -2.73. The summed E-state index contributed by atoms with van der Waals surface area (Å²) >= 11 is 0. The van der Waals surface area contributed by atoms with E-state index in [4.69, 9.17) is 9.16 Å². The molecule has 0 amide bonds. The Morgan fingerprint density at radius 3 is 2.09 bits per heavy atom. The summed E-state index contributed by atoms with van der Waals surface area (Å²) < 4.78 is 12.7. The molecule has 0 N–H and O–H groups in total. The quantitative estimate of drug-likeness (QED) is 0.365. The van der Waals surface area contributed by atoms with Gasteiger partial charge in [0.25, 0.3) is 0 Å². The Balaban J connectivity index is 1.67. The fraction of sp³-hybridized carbons (Fsp3) is 0.300. The van der Waals surface area contributed by atoms with E-state index >= 15 is 0 Å². The second-order valence-corrected chi connectivity index (χ2v) is 14.5. The lowest BCUT2D eigenvalue weighted by molar-refractivity contribution is -0.139. The van der Waals surface area contributed by atoms with Gasteiger partial charge < -0.3 is 9.16 Å². The van der Waals surface area contributed by atoms with E-state index in [1.54, 1.807) is 0 Å². The number of esters is 1. The molecule has 1 aliphatic carbocycles. The molecule has 4 heteroatoms. The summed E-state index contributed by atoms with van der Waals surface area (Å²) in [6.07, 6.45) is 4.80. The maximum absolute atomic E-state index is 12.4. The molecule has 1 saturated heterocycles. The minimum Gasteiger partial charge on any atom is -0.534 e. The molecule has 3 aromatic carbocycles. The van der Waals surface area contributed by atoms with E-state index in [-0.39, 0.29) is 16.9 Å². The van der Waals surface area contributed by atoms with Crippen LogP contribution in [0.25, 0.3) is 5.57 Å². The SMILES string of the molecule is CC(C)(C)[Si](Oc1cccc2c1CCC=C2C1CCOC1=O)(c1ccccc1)c1ccccc1. The molecule has 0 aromatic heterocycles. The molecule has 1 atom stereocenters. The molecular weight excluding hydrogens is 436 g/mol. The number of benzene rings is 3. The molecule has 2 aliphatic rings. The van der Waals surface area contributed by atoms with Crippen molar-refractivity contribution in [3.63, 3.8) is 0 Å².